The Morgan fingerprint density at radius 3 is 2.54 bits per heavy atom. The molecule has 1 aromatic heterocycles. The molecule has 0 radical (unpaired) electrons. The first-order valence-corrected chi connectivity index (χ1v) is 18.2. The summed E-state index contributed by atoms with van der Waals surface area (Å²) in [6.45, 7) is 0.940. The van der Waals surface area contributed by atoms with Gasteiger partial charge in [-0.2, -0.15) is 5.10 Å². The van der Waals surface area contributed by atoms with E-state index in [1.807, 2.05) is 30.3 Å². The highest BCUT2D eigenvalue weighted by Gasteiger charge is 2.41. The standard InChI is InChI=1S/C41H38ClFN6O7/c42-34-19-27(43)14-15-36(34)49-23-26(21-47-49)39(51)48-24-29(20-37(48)41(54)55)56-28-9-6-8-25(18-28)30-12-7-13-35(44)33(30)22-45-16-4-1-5-17-46-38(50)31-10-2-3-11-32(31)40(52)53/h2-3,6-15,18-19,21-23,29,37H,1,4-5,16-17,20,24,44H2,(H,46,50)(H,52,53)(H,54,55)/t29-,37-/m0/s1. The molecule has 15 heteroatoms. The van der Waals surface area contributed by atoms with Crippen LogP contribution in [0.5, 0.6) is 5.75 Å². The molecule has 6 rings (SSSR count). The quantitative estimate of drug-likeness (QED) is 0.0531. The van der Waals surface area contributed by atoms with Crippen LogP contribution in [0.15, 0.2) is 102 Å². The molecule has 288 valence electrons. The second-order valence-electron chi connectivity index (χ2n) is 13.1. The van der Waals surface area contributed by atoms with E-state index < -0.39 is 41.7 Å². The fourth-order valence-corrected chi connectivity index (χ4v) is 6.73. The second-order valence-corrected chi connectivity index (χ2v) is 13.5. The van der Waals surface area contributed by atoms with Crippen LogP contribution >= 0.6 is 11.6 Å². The number of nitrogen functional groups attached to an aromatic ring is 1. The van der Waals surface area contributed by atoms with Crippen molar-refractivity contribution in [2.75, 3.05) is 25.4 Å². The molecule has 0 bridgehead atoms. The number of amides is 2. The Balaban J connectivity index is 1.05. The third-order valence-electron chi connectivity index (χ3n) is 9.25. The molecule has 1 aliphatic heterocycles. The maximum absolute atomic E-state index is 13.6. The fraction of sp³-hybridized carbons (Fsp3) is 0.220. The topological polar surface area (TPSA) is 189 Å². The number of rotatable bonds is 15. The molecule has 4 aromatic carbocycles. The van der Waals surface area contributed by atoms with Crippen LogP contribution in [0.3, 0.4) is 0 Å². The minimum Gasteiger partial charge on any atom is -0.488 e. The number of carbonyl (C=O) groups excluding carboxylic acids is 2. The van der Waals surface area contributed by atoms with E-state index in [0.29, 0.717) is 36.6 Å². The summed E-state index contributed by atoms with van der Waals surface area (Å²) >= 11 is 6.16. The predicted molar refractivity (Wildman–Crippen MR) is 208 cm³/mol. The zero-order chi connectivity index (χ0) is 39.8. The summed E-state index contributed by atoms with van der Waals surface area (Å²) < 4.78 is 21.1. The number of nitrogens with one attached hydrogen (secondary N) is 1. The van der Waals surface area contributed by atoms with Gasteiger partial charge in [0, 0.05) is 43.2 Å². The number of halogens is 2. The van der Waals surface area contributed by atoms with E-state index >= 15 is 0 Å². The Bertz CT molecular complexity index is 2300. The first-order valence-electron chi connectivity index (χ1n) is 17.8. The number of ether oxygens (including phenoxy) is 1. The summed E-state index contributed by atoms with van der Waals surface area (Å²) in [6, 6.07) is 21.6. The van der Waals surface area contributed by atoms with E-state index in [9.17, 15) is 33.8 Å². The number of nitrogens with two attached hydrogens (primary N) is 1. The SMILES string of the molecule is Nc1cccc(-c2cccc(O[C@H]3C[C@@H](C(=O)O)N(C(=O)c4cnn(-c5ccc(F)cc5Cl)c4)C3)c2)c1C=NCCCCCNC(=O)c1ccccc1C(=O)O. The zero-order valence-electron chi connectivity index (χ0n) is 30.0. The van der Waals surface area contributed by atoms with E-state index in [2.05, 4.69) is 15.4 Å². The number of aliphatic carboxylic acids is 1. The average Bonchev–Trinajstić information content (AvgIpc) is 3.84. The van der Waals surface area contributed by atoms with Crippen LogP contribution in [0.4, 0.5) is 10.1 Å². The van der Waals surface area contributed by atoms with Crippen LogP contribution in [0.25, 0.3) is 16.8 Å². The van der Waals surface area contributed by atoms with Crippen molar-refractivity contribution in [3.63, 3.8) is 0 Å². The van der Waals surface area contributed by atoms with E-state index in [1.54, 1.807) is 30.5 Å². The summed E-state index contributed by atoms with van der Waals surface area (Å²) in [4.78, 5) is 55.5. The number of unbranched alkanes of at least 4 members (excludes halogenated alkanes) is 2. The van der Waals surface area contributed by atoms with E-state index in [1.165, 1.54) is 46.2 Å². The Kier molecular flexibility index (Phi) is 12.4. The number of anilines is 1. The molecule has 2 heterocycles. The molecule has 5 N–H and O–H groups in total. The lowest BCUT2D eigenvalue weighted by Crippen LogP contribution is -2.40. The number of carboxylic acid groups (broad SMARTS) is 2. The lowest BCUT2D eigenvalue weighted by molar-refractivity contribution is -0.141. The number of benzene rings is 4. The molecule has 1 saturated heterocycles. The number of likely N-dealkylation sites (tertiary alicyclic amines) is 1. The van der Waals surface area contributed by atoms with Crippen molar-refractivity contribution in [1.29, 1.82) is 0 Å². The number of nitrogens with zero attached hydrogens (tertiary/aromatic N) is 4. The highest BCUT2D eigenvalue weighted by molar-refractivity contribution is 6.32. The molecule has 13 nitrogen and oxygen atoms in total. The second kappa shape index (κ2) is 17.7. The molecule has 1 fully saturated rings. The molecule has 0 unspecified atom stereocenters. The summed E-state index contributed by atoms with van der Waals surface area (Å²) in [6.07, 6.45) is 6.13. The number of aromatic carboxylic acids is 1. The number of aliphatic imine (C=N–C) groups is 1. The number of carboxylic acids is 2. The molecule has 56 heavy (non-hydrogen) atoms. The number of aromatic nitrogens is 2. The van der Waals surface area contributed by atoms with E-state index in [-0.39, 0.29) is 34.7 Å². The maximum Gasteiger partial charge on any atom is 0.336 e. The number of hydrogen-bond donors (Lipinski definition) is 4. The Labute approximate surface area is 326 Å². The monoisotopic (exact) mass is 780 g/mol. The van der Waals surface area contributed by atoms with E-state index in [4.69, 9.17) is 22.1 Å². The van der Waals surface area contributed by atoms with Gasteiger partial charge in [0.2, 0.25) is 0 Å². The van der Waals surface area contributed by atoms with Gasteiger partial charge in [0.25, 0.3) is 11.8 Å². The van der Waals surface area contributed by atoms with Crippen molar-refractivity contribution in [2.24, 2.45) is 4.99 Å². The van der Waals surface area contributed by atoms with Crippen molar-refractivity contribution in [1.82, 2.24) is 20.0 Å². The molecule has 5 aromatic rings. The van der Waals surface area contributed by atoms with Crippen molar-refractivity contribution < 1.29 is 38.5 Å². The maximum atomic E-state index is 13.6. The minimum atomic E-state index is -1.17. The summed E-state index contributed by atoms with van der Waals surface area (Å²) in [5, 5.41) is 26.4. The lowest BCUT2D eigenvalue weighted by atomic mass is 9.98. The highest BCUT2D eigenvalue weighted by Crippen LogP contribution is 2.32. The van der Waals surface area contributed by atoms with Gasteiger partial charge in [-0.1, -0.05) is 48.0 Å². The molecule has 2 amide bonds. The average molecular weight is 781 g/mol. The van der Waals surface area contributed by atoms with Gasteiger partial charge in [0.15, 0.2) is 0 Å². The number of hydrogen-bond acceptors (Lipinski definition) is 8. The van der Waals surface area contributed by atoms with Crippen molar-refractivity contribution in [3.05, 3.63) is 130 Å². The largest absolute Gasteiger partial charge is 0.488 e. The van der Waals surface area contributed by atoms with Crippen LogP contribution in [0, 0.1) is 5.82 Å². The molecular formula is C41H38ClFN6O7. The van der Waals surface area contributed by atoms with Gasteiger partial charge in [-0.3, -0.25) is 14.6 Å². The minimum absolute atomic E-state index is 0.0176. The molecule has 0 aliphatic carbocycles. The van der Waals surface area contributed by atoms with Crippen LogP contribution in [-0.2, 0) is 4.79 Å². The Morgan fingerprint density at radius 1 is 0.982 bits per heavy atom. The summed E-state index contributed by atoms with van der Waals surface area (Å²) in [7, 11) is 0. The van der Waals surface area contributed by atoms with E-state index in [0.717, 1.165) is 35.6 Å². The third kappa shape index (κ3) is 9.21. The van der Waals surface area contributed by atoms with Gasteiger partial charge < -0.3 is 30.9 Å². The van der Waals surface area contributed by atoms with Gasteiger partial charge >= 0.3 is 11.9 Å². The van der Waals surface area contributed by atoms with Gasteiger partial charge in [-0.15, -0.1) is 0 Å². The van der Waals surface area contributed by atoms with Crippen LogP contribution in [0.2, 0.25) is 5.02 Å². The van der Waals surface area contributed by atoms with Crippen molar-refractivity contribution in [2.45, 2.75) is 37.8 Å². The van der Waals surface area contributed by atoms with Crippen molar-refractivity contribution in [3.8, 4) is 22.6 Å². The summed E-state index contributed by atoms with van der Waals surface area (Å²) in [5.74, 6) is -3.33. The lowest BCUT2D eigenvalue weighted by Gasteiger charge is -2.20. The third-order valence-corrected chi connectivity index (χ3v) is 9.56. The smallest absolute Gasteiger partial charge is 0.336 e. The molecule has 0 saturated carbocycles. The zero-order valence-corrected chi connectivity index (χ0v) is 30.7. The first kappa shape index (κ1) is 39.2. The van der Waals surface area contributed by atoms with Gasteiger partial charge in [-0.25, -0.2) is 18.7 Å². The Morgan fingerprint density at radius 2 is 1.77 bits per heavy atom. The van der Waals surface area contributed by atoms with Gasteiger partial charge in [0.05, 0.1) is 40.1 Å². The molecule has 2 atom stereocenters. The predicted octanol–water partition coefficient (Wildman–Crippen LogP) is 6.38. The normalized spacial score (nSPS) is 15.2. The molecule has 0 spiro atoms. The summed E-state index contributed by atoms with van der Waals surface area (Å²) in [5.41, 5.74) is 9.82. The molecule has 1 aliphatic rings. The number of carbonyl (C=O) groups is 4. The van der Waals surface area contributed by atoms with Crippen LogP contribution < -0.4 is 15.8 Å². The van der Waals surface area contributed by atoms with Gasteiger partial charge in [0.1, 0.15) is 23.7 Å². The molecular weight excluding hydrogens is 743 g/mol. The van der Waals surface area contributed by atoms with Crippen LogP contribution in [-0.4, -0.2) is 86.6 Å². The van der Waals surface area contributed by atoms with Gasteiger partial charge in [-0.05, 0) is 78.9 Å². The highest BCUT2D eigenvalue weighted by atomic mass is 35.5. The Hall–Kier alpha value is -6.54. The first-order chi connectivity index (χ1) is 27.0. The fourth-order valence-electron chi connectivity index (χ4n) is 6.47. The van der Waals surface area contributed by atoms with Crippen molar-refractivity contribution >= 4 is 47.3 Å². The van der Waals surface area contributed by atoms with Crippen LogP contribution in [0.1, 0.15) is 62.3 Å².